The third-order valence-corrected chi connectivity index (χ3v) is 2.32. The zero-order valence-corrected chi connectivity index (χ0v) is 9.17. The summed E-state index contributed by atoms with van der Waals surface area (Å²) in [5.41, 5.74) is 7.37. The topological polar surface area (TPSA) is 107 Å². The van der Waals surface area contributed by atoms with Crippen LogP contribution < -0.4 is 11.1 Å². The van der Waals surface area contributed by atoms with E-state index in [1.165, 1.54) is 0 Å². The molecule has 2 heterocycles. The van der Waals surface area contributed by atoms with E-state index in [0.29, 0.717) is 6.54 Å². The molecule has 0 aliphatic carbocycles. The first-order valence-corrected chi connectivity index (χ1v) is 4.94. The molecule has 0 unspecified atom stereocenters. The van der Waals surface area contributed by atoms with Gasteiger partial charge in [0.2, 0.25) is 11.5 Å². The highest BCUT2D eigenvalue weighted by Crippen LogP contribution is 2.06. The predicted octanol–water partition coefficient (Wildman–Crippen LogP) is 0.285. The van der Waals surface area contributed by atoms with Gasteiger partial charge in [-0.1, -0.05) is 0 Å². The van der Waals surface area contributed by atoms with E-state index >= 15 is 0 Å². The third-order valence-electron chi connectivity index (χ3n) is 2.32. The van der Waals surface area contributed by atoms with Gasteiger partial charge < -0.3 is 11.1 Å². The van der Waals surface area contributed by atoms with Gasteiger partial charge in [-0.25, -0.2) is 4.63 Å². The number of aromatic nitrogens is 3. The van der Waals surface area contributed by atoms with E-state index in [4.69, 9.17) is 5.73 Å². The Balaban J connectivity index is 2.02. The molecule has 3 N–H and O–H groups in total. The summed E-state index contributed by atoms with van der Waals surface area (Å²) in [6.07, 6.45) is 3.39. The van der Waals surface area contributed by atoms with Gasteiger partial charge in [0.1, 0.15) is 0 Å². The fraction of sp³-hybridized carbons (Fsp3) is 0.200. The molecule has 0 aliphatic heterocycles. The van der Waals surface area contributed by atoms with Crippen molar-refractivity contribution in [2.45, 2.75) is 13.5 Å². The Morgan fingerprint density at radius 2 is 2.35 bits per heavy atom. The fourth-order valence-corrected chi connectivity index (χ4v) is 1.29. The minimum atomic E-state index is -0.424. The lowest BCUT2D eigenvalue weighted by molar-refractivity contribution is 0.0941. The Morgan fingerprint density at radius 3 is 3.00 bits per heavy atom. The summed E-state index contributed by atoms with van der Waals surface area (Å²) in [5, 5.41) is 9.40. The molecular formula is C10H11N5O2. The molecule has 7 nitrogen and oxygen atoms in total. The molecule has 0 fully saturated rings. The third kappa shape index (κ3) is 2.39. The second-order valence-electron chi connectivity index (χ2n) is 3.48. The van der Waals surface area contributed by atoms with Crippen molar-refractivity contribution in [3.05, 3.63) is 35.3 Å². The quantitative estimate of drug-likeness (QED) is 0.788. The van der Waals surface area contributed by atoms with Gasteiger partial charge >= 0.3 is 0 Å². The Hall–Kier alpha value is -2.44. The number of amides is 1. The lowest BCUT2D eigenvalue weighted by Crippen LogP contribution is -2.24. The van der Waals surface area contributed by atoms with Crippen LogP contribution in [0.5, 0.6) is 0 Å². The number of carbonyl (C=O) groups is 1. The summed E-state index contributed by atoms with van der Waals surface area (Å²) < 4.78 is 4.34. The minimum Gasteiger partial charge on any atom is -0.379 e. The number of hydrogen-bond donors (Lipinski definition) is 2. The minimum absolute atomic E-state index is 0.00783. The Labute approximate surface area is 97.0 Å². The molecule has 7 heteroatoms. The van der Waals surface area contributed by atoms with E-state index in [1.807, 2.05) is 13.0 Å². The second-order valence-corrected chi connectivity index (χ2v) is 3.48. The van der Waals surface area contributed by atoms with Gasteiger partial charge in [-0.05, 0) is 34.4 Å². The fourth-order valence-electron chi connectivity index (χ4n) is 1.29. The number of nitrogens with zero attached hydrogens (tertiary/aromatic N) is 3. The Morgan fingerprint density at radius 1 is 1.53 bits per heavy atom. The summed E-state index contributed by atoms with van der Waals surface area (Å²) >= 11 is 0. The highest BCUT2D eigenvalue weighted by molar-refractivity contribution is 5.95. The van der Waals surface area contributed by atoms with Gasteiger partial charge in [-0.3, -0.25) is 9.78 Å². The van der Waals surface area contributed by atoms with Crippen LogP contribution in [0.15, 0.2) is 23.1 Å². The molecule has 88 valence electrons. The van der Waals surface area contributed by atoms with E-state index in [1.54, 1.807) is 12.4 Å². The molecular weight excluding hydrogens is 222 g/mol. The van der Waals surface area contributed by atoms with Crippen molar-refractivity contribution >= 4 is 11.7 Å². The van der Waals surface area contributed by atoms with Crippen LogP contribution in [0.25, 0.3) is 0 Å². The number of rotatable bonds is 3. The van der Waals surface area contributed by atoms with Crippen molar-refractivity contribution in [3.63, 3.8) is 0 Å². The molecule has 17 heavy (non-hydrogen) atoms. The Kier molecular flexibility index (Phi) is 2.99. The van der Waals surface area contributed by atoms with Crippen LogP contribution in [0.3, 0.4) is 0 Å². The van der Waals surface area contributed by atoms with Crippen LogP contribution in [0, 0.1) is 6.92 Å². The van der Waals surface area contributed by atoms with Crippen LogP contribution in [-0.4, -0.2) is 21.2 Å². The molecule has 0 atom stereocenters. The lowest BCUT2D eigenvalue weighted by atomic mass is 10.1. The molecule has 2 rings (SSSR count). The van der Waals surface area contributed by atoms with Crippen LogP contribution in [0.4, 0.5) is 5.82 Å². The van der Waals surface area contributed by atoms with Gasteiger partial charge in [-0.2, -0.15) is 0 Å². The molecule has 0 aliphatic rings. The summed E-state index contributed by atoms with van der Waals surface area (Å²) in [4.78, 5) is 15.6. The first-order chi connectivity index (χ1) is 8.18. The smallest absolute Gasteiger partial charge is 0.277 e. The molecule has 2 aromatic heterocycles. The van der Waals surface area contributed by atoms with Crippen LogP contribution in [-0.2, 0) is 6.54 Å². The van der Waals surface area contributed by atoms with E-state index in [9.17, 15) is 4.79 Å². The molecule has 1 amide bonds. The van der Waals surface area contributed by atoms with Crippen LogP contribution >= 0.6 is 0 Å². The van der Waals surface area contributed by atoms with Crippen molar-refractivity contribution in [2.75, 3.05) is 5.73 Å². The van der Waals surface area contributed by atoms with Crippen molar-refractivity contribution < 1.29 is 9.42 Å². The summed E-state index contributed by atoms with van der Waals surface area (Å²) in [7, 11) is 0. The van der Waals surface area contributed by atoms with Crippen molar-refractivity contribution in [1.82, 2.24) is 20.6 Å². The standard InChI is InChI=1S/C10H11N5O2/c1-6-2-3-12-4-7(6)5-13-10(16)8-9(11)15-17-14-8/h2-4H,5H2,1H3,(H2,11,15)(H,13,16). The average molecular weight is 233 g/mol. The van der Waals surface area contributed by atoms with Gasteiger partial charge in [-0.15, -0.1) is 0 Å². The van der Waals surface area contributed by atoms with Crippen molar-refractivity contribution in [2.24, 2.45) is 0 Å². The number of nitrogens with two attached hydrogens (primary N) is 1. The molecule has 0 saturated carbocycles. The van der Waals surface area contributed by atoms with E-state index in [-0.39, 0.29) is 11.5 Å². The lowest BCUT2D eigenvalue weighted by Gasteiger charge is -2.05. The monoisotopic (exact) mass is 233 g/mol. The molecule has 0 radical (unpaired) electrons. The highest BCUT2D eigenvalue weighted by Gasteiger charge is 2.15. The largest absolute Gasteiger partial charge is 0.379 e. The maximum Gasteiger partial charge on any atom is 0.277 e. The maximum absolute atomic E-state index is 11.6. The van der Waals surface area contributed by atoms with E-state index in [2.05, 4.69) is 25.2 Å². The predicted molar refractivity (Wildman–Crippen MR) is 58.9 cm³/mol. The number of aryl methyl sites for hydroxylation is 1. The molecule has 0 bridgehead atoms. The molecule has 0 saturated heterocycles. The first kappa shape index (κ1) is 11.1. The maximum atomic E-state index is 11.6. The Bertz CT molecular complexity index is 537. The van der Waals surface area contributed by atoms with Crippen molar-refractivity contribution in [1.29, 1.82) is 0 Å². The number of anilines is 1. The van der Waals surface area contributed by atoms with Gasteiger partial charge in [0.15, 0.2) is 0 Å². The highest BCUT2D eigenvalue weighted by atomic mass is 16.6. The summed E-state index contributed by atoms with van der Waals surface area (Å²) in [5.74, 6) is -0.447. The number of hydrogen-bond acceptors (Lipinski definition) is 6. The normalized spacial score (nSPS) is 10.2. The molecule has 0 aromatic carbocycles. The SMILES string of the molecule is Cc1ccncc1CNC(=O)c1nonc1N. The van der Waals surface area contributed by atoms with E-state index < -0.39 is 5.91 Å². The second kappa shape index (κ2) is 4.60. The zero-order valence-electron chi connectivity index (χ0n) is 9.17. The van der Waals surface area contributed by atoms with Crippen LogP contribution in [0.1, 0.15) is 21.6 Å². The number of pyridine rings is 1. The van der Waals surface area contributed by atoms with Crippen molar-refractivity contribution in [3.8, 4) is 0 Å². The summed E-state index contributed by atoms with van der Waals surface area (Å²) in [6.45, 7) is 2.29. The molecule has 0 spiro atoms. The average Bonchev–Trinajstić information content (AvgIpc) is 2.74. The summed E-state index contributed by atoms with van der Waals surface area (Å²) in [6, 6.07) is 1.87. The first-order valence-electron chi connectivity index (χ1n) is 4.94. The van der Waals surface area contributed by atoms with Crippen LogP contribution in [0.2, 0.25) is 0 Å². The number of nitrogens with one attached hydrogen (secondary N) is 1. The zero-order chi connectivity index (χ0) is 12.3. The van der Waals surface area contributed by atoms with E-state index in [0.717, 1.165) is 11.1 Å². The molecule has 2 aromatic rings. The van der Waals surface area contributed by atoms with Gasteiger partial charge in [0.05, 0.1) is 0 Å². The van der Waals surface area contributed by atoms with Gasteiger partial charge in [0, 0.05) is 18.9 Å². The number of carbonyl (C=O) groups excluding carboxylic acids is 1. The van der Waals surface area contributed by atoms with Gasteiger partial charge in [0.25, 0.3) is 5.91 Å². The number of nitrogen functional groups attached to an aromatic ring is 1.